The van der Waals surface area contributed by atoms with Crippen LogP contribution < -0.4 is 0 Å². The Balaban J connectivity index is 1.94. The second-order valence-corrected chi connectivity index (χ2v) is 5.68. The molecule has 0 aliphatic heterocycles. The van der Waals surface area contributed by atoms with E-state index in [2.05, 4.69) is 0 Å². The van der Waals surface area contributed by atoms with Gasteiger partial charge in [-0.15, -0.1) is 0 Å². The zero-order chi connectivity index (χ0) is 16.2. The van der Waals surface area contributed by atoms with E-state index in [1.807, 2.05) is 86.7 Å². The third kappa shape index (κ3) is 3.40. The molecule has 0 saturated heterocycles. The summed E-state index contributed by atoms with van der Waals surface area (Å²) in [5, 5.41) is 0. The van der Waals surface area contributed by atoms with E-state index in [-0.39, 0.29) is 5.82 Å². The maximum atomic E-state index is 14.5. The Labute approximate surface area is 136 Å². The number of halogens is 1. The highest BCUT2D eigenvalue weighted by Gasteiger charge is 2.07. The van der Waals surface area contributed by atoms with E-state index in [1.165, 1.54) is 5.56 Å². The van der Waals surface area contributed by atoms with Crippen LogP contribution in [0.3, 0.4) is 0 Å². The van der Waals surface area contributed by atoms with Crippen molar-refractivity contribution in [2.24, 2.45) is 0 Å². The average molecular weight is 302 g/mol. The summed E-state index contributed by atoms with van der Waals surface area (Å²) in [5.74, 6) is -0.193. The Hall–Kier alpha value is -2.67. The maximum absolute atomic E-state index is 14.5. The fraction of sp³-hybridized carbons (Fsp3) is 0.0909. The molecule has 23 heavy (non-hydrogen) atoms. The summed E-state index contributed by atoms with van der Waals surface area (Å²) in [7, 11) is 0. The van der Waals surface area contributed by atoms with Gasteiger partial charge in [-0.1, -0.05) is 78.4 Å². The quantitative estimate of drug-likeness (QED) is 0.518. The van der Waals surface area contributed by atoms with Gasteiger partial charge in [0.2, 0.25) is 0 Å². The largest absolute Gasteiger partial charge is 0.206 e. The topological polar surface area (TPSA) is 0 Å². The Morgan fingerprint density at radius 3 is 1.96 bits per heavy atom. The van der Waals surface area contributed by atoms with Crippen LogP contribution in [0.5, 0.6) is 0 Å². The van der Waals surface area contributed by atoms with Gasteiger partial charge in [0, 0.05) is 5.56 Å². The molecule has 1 heteroatoms. The van der Waals surface area contributed by atoms with Crippen molar-refractivity contribution >= 4 is 6.08 Å². The number of hydrogen-bond donors (Lipinski definition) is 0. The van der Waals surface area contributed by atoms with Gasteiger partial charge in [0.1, 0.15) is 5.82 Å². The first-order valence-corrected chi connectivity index (χ1v) is 7.77. The summed E-state index contributed by atoms with van der Waals surface area (Å²) < 4.78 is 14.5. The lowest BCUT2D eigenvalue weighted by molar-refractivity contribution is 0.632. The summed E-state index contributed by atoms with van der Waals surface area (Å²) in [6.45, 7) is 4.03. The average Bonchev–Trinajstić information content (AvgIpc) is 2.57. The van der Waals surface area contributed by atoms with Gasteiger partial charge in [-0.05, 0) is 42.2 Å². The number of benzene rings is 3. The van der Waals surface area contributed by atoms with Gasteiger partial charge >= 0.3 is 0 Å². The van der Waals surface area contributed by atoms with Crippen LogP contribution in [0.25, 0.3) is 28.3 Å². The van der Waals surface area contributed by atoms with E-state index in [1.54, 1.807) is 6.07 Å². The zero-order valence-electron chi connectivity index (χ0n) is 13.4. The molecule has 3 aromatic carbocycles. The highest BCUT2D eigenvalue weighted by atomic mass is 19.1. The third-order valence-corrected chi connectivity index (χ3v) is 3.93. The molecule has 114 valence electrons. The molecule has 0 nitrogen and oxygen atoms in total. The molecule has 3 aromatic rings. The number of rotatable bonds is 3. The molecule has 0 amide bonds. The molecule has 0 aromatic heterocycles. The molecule has 3 rings (SSSR count). The molecule has 0 spiro atoms. The van der Waals surface area contributed by atoms with Crippen molar-refractivity contribution in [3.8, 4) is 22.3 Å². The Morgan fingerprint density at radius 2 is 1.35 bits per heavy atom. The maximum Gasteiger partial charge on any atom is 0.131 e. The van der Waals surface area contributed by atoms with Crippen LogP contribution in [-0.2, 0) is 0 Å². The summed E-state index contributed by atoms with van der Waals surface area (Å²) in [4.78, 5) is 0. The van der Waals surface area contributed by atoms with Crippen molar-refractivity contribution in [1.29, 1.82) is 0 Å². The van der Waals surface area contributed by atoms with Gasteiger partial charge in [-0.25, -0.2) is 4.39 Å². The molecule has 0 saturated carbocycles. The molecule has 0 bridgehead atoms. The third-order valence-electron chi connectivity index (χ3n) is 3.93. The molecule has 0 fully saturated rings. The van der Waals surface area contributed by atoms with Gasteiger partial charge in [-0.2, -0.15) is 0 Å². The van der Waals surface area contributed by atoms with Crippen molar-refractivity contribution in [3.63, 3.8) is 0 Å². The number of allylic oxidation sites excluding steroid dienone is 1. The van der Waals surface area contributed by atoms with E-state index in [4.69, 9.17) is 0 Å². The van der Waals surface area contributed by atoms with E-state index < -0.39 is 0 Å². The van der Waals surface area contributed by atoms with Gasteiger partial charge in [0.05, 0.1) is 0 Å². The van der Waals surface area contributed by atoms with Crippen molar-refractivity contribution in [3.05, 3.63) is 89.8 Å². The minimum absolute atomic E-state index is 0.193. The van der Waals surface area contributed by atoms with E-state index in [0.29, 0.717) is 5.56 Å². The fourth-order valence-corrected chi connectivity index (χ4v) is 2.64. The van der Waals surface area contributed by atoms with Gasteiger partial charge in [0.15, 0.2) is 0 Å². The standard InChI is InChI=1S/C22H19F/c1-3-4-17-7-11-19(12-8-17)21-14-13-20(15-22(21)23)18-9-5-16(2)6-10-18/h3-15H,1-2H3/b4-3+. The number of hydrogen-bond acceptors (Lipinski definition) is 0. The normalized spacial score (nSPS) is 11.1. The smallest absolute Gasteiger partial charge is 0.131 e. The fourth-order valence-electron chi connectivity index (χ4n) is 2.64. The molecule has 0 heterocycles. The van der Waals surface area contributed by atoms with Crippen LogP contribution in [0, 0.1) is 12.7 Å². The molecule has 0 aliphatic carbocycles. The minimum Gasteiger partial charge on any atom is -0.206 e. The lowest BCUT2D eigenvalue weighted by Gasteiger charge is -2.08. The van der Waals surface area contributed by atoms with E-state index >= 15 is 0 Å². The number of aryl methyl sites for hydroxylation is 1. The first-order valence-electron chi connectivity index (χ1n) is 7.77. The van der Waals surface area contributed by atoms with E-state index in [0.717, 1.165) is 22.3 Å². The summed E-state index contributed by atoms with van der Waals surface area (Å²) >= 11 is 0. The van der Waals surface area contributed by atoms with Crippen LogP contribution in [0.4, 0.5) is 4.39 Å². The zero-order valence-corrected chi connectivity index (χ0v) is 13.4. The van der Waals surface area contributed by atoms with Crippen LogP contribution >= 0.6 is 0 Å². The lowest BCUT2D eigenvalue weighted by Crippen LogP contribution is -1.87. The molecular formula is C22H19F. The van der Waals surface area contributed by atoms with Crippen molar-refractivity contribution in [1.82, 2.24) is 0 Å². The second-order valence-electron chi connectivity index (χ2n) is 5.68. The van der Waals surface area contributed by atoms with Gasteiger partial charge < -0.3 is 0 Å². The van der Waals surface area contributed by atoms with Crippen LogP contribution in [-0.4, -0.2) is 0 Å². The van der Waals surface area contributed by atoms with Gasteiger partial charge in [-0.3, -0.25) is 0 Å². The monoisotopic (exact) mass is 302 g/mol. The predicted octanol–water partition coefficient (Wildman–Crippen LogP) is 6.50. The summed E-state index contributed by atoms with van der Waals surface area (Å²) in [5.41, 5.74) is 5.78. The van der Waals surface area contributed by atoms with Crippen LogP contribution in [0.2, 0.25) is 0 Å². The molecule has 0 radical (unpaired) electrons. The molecular weight excluding hydrogens is 283 g/mol. The molecule has 0 atom stereocenters. The van der Waals surface area contributed by atoms with Crippen molar-refractivity contribution < 1.29 is 4.39 Å². The molecule has 0 unspecified atom stereocenters. The first kappa shape index (κ1) is 15.2. The summed E-state index contributed by atoms with van der Waals surface area (Å²) in [6.07, 6.45) is 4.02. The second kappa shape index (κ2) is 6.62. The Morgan fingerprint density at radius 1 is 0.739 bits per heavy atom. The Kier molecular flexibility index (Phi) is 4.38. The van der Waals surface area contributed by atoms with Gasteiger partial charge in [0.25, 0.3) is 0 Å². The van der Waals surface area contributed by atoms with Crippen molar-refractivity contribution in [2.45, 2.75) is 13.8 Å². The highest BCUT2D eigenvalue weighted by molar-refractivity contribution is 5.72. The lowest BCUT2D eigenvalue weighted by atomic mass is 9.98. The first-order chi connectivity index (χ1) is 11.2. The van der Waals surface area contributed by atoms with E-state index in [9.17, 15) is 4.39 Å². The summed E-state index contributed by atoms with van der Waals surface area (Å²) in [6, 6.07) is 21.5. The SMILES string of the molecule is C/C=C/c1ccc(-c2ccc(-c3ccc(C)cc3)cc2F)cc1. The molecule has 0 N–H and O–H groups in total. The highest BCUT2D eigenvalue weighted by Crippen LogP contribution is 2.28. The molecule has 0 aliphatic rings. The van der Waals surface area contributed by atoms with Crippen molar-refractivity contribution in [2.75, 3.05) is 0 Å². The minimum atomic E-state index is -0.193. The Bertz CT molecular complexity index is 825. The van der Waals surface area contributed by atoms with Crippen LogP contribution in [0.15, 0.2) is 72.8 Å². The van der Waals surface area contributed by atoms with Crippen LogP contribution in [0.1, 0.15) is 18.1 Å². The predicted molar refractivity (Wildman–Crippen MR) is 96.7 cm³/mol.